The van der Waals surface area contributed by atoms with Crippen LogP contribution in [0.4, 0.5) is 0 Å². The summed E-state index contributed by atoms with van der Waals surface area (Å²) in [7, 11) is -3.15. The number of sulfonamides is 1. The van der Waals surface area contributed by atoms with Gasteiger partial charge in [-0.15, -0.1) is 0 Å². The molecule has 2 aromatic rings. The zero-order valence-electron chi connectivity index (χ0n) is 13.3. The van der Waals surface area contributed by atoms with E-state index in [1.165, 1.54) is 0 Å². The van der Waals surface area contributed by atoms with Gasteiger partial charge in [0.25, 0.3) is 0 Å². The summed E-state index contributed by atoms with van der Waals surface area (Å²) in [6.07, 6.45) is 4.46. The van der Waals surface area contributed by atoms with Crippen LogP contribution in [0.2, 0.25) is 0 Å². The lowest BCUT2D eigenvalue weighted by molar-refractivity contribution is 0.519. The predicted molar refractivity (Wildman–Crippen MR) is 88.3 cm³/mol. The van der Waals surface area contributed by atoms with Crippen LogP contribution in [0.5, 0.6) is 0 Å². The Labute approximate surface area is 132 Å². The van der Waals surface area contributed by atoms with Gasteiger partial charge in [0.15, 0.2) is 0 Å². The Balaban J connectivity index is 1.90. The van der Waals surface area contributed by atoms with Gasteiger partial charge in [-0.05, 0) is 31.9 Å². The summed E-state index contributed by atoms with van der Waals surface area (Å²) in [5, 5.41) is 3.32. The molecule has 2 N–H and O–H groups in total. The molecule has 0 bridgehead atoms. The van der Waals surface area contributed by atoms with Crippen LogP contribution in [-0.2, 0) is 16.6 Å². The van der Waals surface area contributed by atoms with Crippen LogP contribution in [0.15, 0.2) is 24.5 Å². The molecule has 2 aromatic heterocycles. The van der Waals surface area contributed by atoms with Crippen molar-refractivity contribution in [2.75, 3.05) is 12.3 Å². The SMILES string of the molecule is CCCS(=O)(=O)NC[C@H](C)NCc1cnc2c(C)cccn12. The summed E-state index contributed by atoms with van der Waals surface area (Å²) in [4.78, 5) is 4.42. The van der Waals surface area contributed by atoms with Crippen molar-refractivity contribution in [1.82, 2.24) is 19.4 Å². The molecule has 7 heteroatoms. The third-order valence-corrected chi connectivity index (χ3v) is 5.07. The lowest BCUT2D eigenvalue weighted by Gasteiger charge is -2.14. The lowest BCUT2D eigenvalue weighted by Crippen LogP contribution is -2.39. The largest absolute Gasteiger partial charge is 0.307 e. The number of fused-ring (bicyclic) bond motifs is 1. The number of hydrogen-bond donors (Lipinski definition) is 2. The number of imidazole rings is 1. The minimum Gasteiger partial charge on any atom is -0.307 e. The Hall–Kier alpha value is -1.44. The minimum absolute atomic E-state index is 0.0435. The first-order valence-corrected chi connectivity index (χ1v) is 9.20. The number of aryl methyl sites for hydroxylation is 1. The number of nitrogens with zero attached hydrogens (tertiary/aromatic N) is 2. The standard InChI is InChI=1S/C15H24N4O2S/c1-4-8-22(20,21)18-9-13(3)16-10-14-11-17-15-12(2)6-5-7-19(14)15/h5-7,11,13,16,18H,4,8-10H2,1-3H3/t13-/m0/s1. The smallest absolute Gasteiger partial charge is 0.211 e. The molecule has 2 rings (SSSR count). The van der Waals surface area contributed by atoms with E-state index in [4.69, 9.17) is 0 Å². The van der Waals surface area contributed by atoms with E-state index >= 15 is 0 Å². The summed E-state index contributed by atoms with van der Waals surface area (Å²) in [6, 6.07) is 4.07. The number of rotatable bonds is 8. The Morgan fingerprint density at radius 2 is 2.18 bits per heavy atom. The fraction of sp³-hybridized carbons (Fsp3) is 0.533. The molecule has 0 spiro atoms. The second kappa shape index (κ2) is 7.21. The van der Waals surface area contributed by atoms with Crippen LogP contribution in [0.25, 0.3) is 5.65 Å². The third kappa shape index (κ3) is 4.28. The van der Waals surface area contributed by atoms with Gasteiger partial charge in [0.05, 0.1) is 17.6 Å². The molecule has 0 saturated carbocycles. The first kappa shape index (κ1) is 16.9. The predicted octanol–water partition coefficient (Wildman–Crippen LogP) is 1.45. The van der Waals surface area contributed by atoms with Crippen LogP contribution in [0.1, 0.15) is 31.5 Å². The Morgan fingerprint density at radius 1 is 1.41 bits per heavy atom. The van der Waals surface area contributed by atoms with Crippen molar-refractivity contribution in [2.24, 2.45) is 0 Å². The van der Waals surface area contributed by atoms with Gasteiger partial charge in [0.2, 0.25) is 10.0 Å². The molecule has 0 aromatic carbocycles. The zero-order chi connectivity index (χ0) is 16.2. The van der Waals surface area contributed by atoms with Crippen molar-refractivity contribution in [3.63, 3.8) is 0 Å². The molecule has 22 heavy (non-hydrogen) atoms. The number of pyridine rings is 1. The van der Waals surface area contributed by atoms with Gasteiger partial charge in [-0.3, -0.25) is 0 Å². The maximum atomic E-state index is 11.6. The van der Waals surface area contributed by atoms with Crippen LogP contribution in [0, 0.1) is 6.92 Å². The molecule has 122 valence electrons. The quantitative estimate of drug-likeness (QED) is 0.771. The van der Waals surface area contributed by atoms with E-state index in [1.54, 1.807) is 0 Å². The maximum Gasteiger partial charge on any atom is 0.211 e. The maximum absolute atomic E-state index is 11.6. The molecule has 0 amide bonds. The van der Waals surface area contributed by atoms with Gasteiger partial charge in [-0.1, -0.05) is 13.0 Å². The molecule has 0 fully saturated rings. The molecule has 0 radical (unpaired) electrons. The molecular formula is C15H24N4O2S. The summed E-state index contributed by atoms with van der Waals surface area (Å²) in [5.74, 6) is 0.173. The average molecular weight is 324 g/mol. The molecule has 6 nitrogen and oxygen atoms in total. The van der Waals surface area contributed by atoms with E-state index in [2.05, 4.69) is 19.4 Å². The van der Waals surface area contributed by atoms with Crippen LogP contribution >= 0.6 is 0 Å². The number of aromatic nitrogens is 2. The molecule has 0 unspecified atom stereocenters. The molecular weight excluding hydrogens is 300 g/mol. The van der Waals surface area contributed by atoms with Crippen LogP contribution < -0.4 is 10.0 Å². The first-order chi connectivity index (χ1) is 10.4. The Bertz CT molecular complexity index is 724. The van der Waals surface area contributed by atoms with Crippen molar-refractivity contribution < 1.29 is 8.42 Å². The number of nitrogens with one attached hydrogen (secondary N) is 2. The van der Waals surface area contributed by atoms with Gasteiger partial charge in [-0.2, -0.15) is 0 Å². The molecule has 0 aliphatic carbocycles. The Morgan fingerprint density at radius 3 is 2.91 bits per heavy atom. The van der Waals surface area contributed by atoms with Crippen LogP contribution in [0.3, 0.4) is 0 Å². The van der Waals surface area contributed by atoms with Gasteiger partial charge < -0.3 is 9.72 Å². The lowest BCUT2D eigenvalue weighted by atomic mass is 10.3. The molecule has 2 heterocycles. The monoisotopic (exact) mass is 324 g/mol. The van der Waals surface area contributed by atoms with Crippen molar-refractivity contribution in [3.8, 4) is 0 Å². The highest BCUT2D eigenvalue weighted by atomic mass is 32.2. The molecule has 0 aliphatic heterocycles. The van der Waals surface area contributed by atoms with Crippen LogP contribution in [-0.4, -0.2) is 36.1 Å². The normalized spacial score (nSPS) is 13.6. The van der Waals surface area contributed by atoms with E-state index in [0.29, 0.717) is 19.5 Å². The Kier molecular flexibility index (Phi) is 5.55. The zero-order valence-corrected chi connectivity index (χ0v) is 14.2. The van der Waals surface area contributed by atoms with E-state index < -0.39 is 10.0 Å². The molecule has 0 aliphatic rings. The first-order valence-electron chi connectivity index (χ1n) is 7.55. The highest BCUT2D eigenvalue weighted by Crippen LogP contribution is 2.10. The third-order valence-electron chi connectivity index (χ3n) is 3.52. The van der Waals surface area contributed by atoms with E-state index in [0.717, 1.165) is 16.9 Å². The van der Waals surface area contributed by atoms with Gasteiger partial charge in [-0.25, -0.2) is 18.1 Å². The molecule has 0 saturated heterocycles. The van der Waals surface area contributed by atoms with E-state index in [-0.39, 0.29) is 11.8 Å². The van der Waals surface area contributed by atoms with Crippen molar-refractivity contribution in [2.45, 2.75) is 39.8 Å². The fourth-order valence-electron chi connectivity index (χ4n) is 2.28. The topological polar surface area (TPSA) is 75.5 Å². The summed E-state index contributed by atoms with van der Waals surface area (Å²) < 4.78 is 27.9. The fourth-order valence-corrected chi connectivity index (χ4v) is 3.46. The molecule has 1 atom stereocenters. The van der Waals surface area contributed by atoms with Crippen molar-refractivity contribution >= 4 is 15.7 Å². The summed E-state index contributed by atoms with van der Waals surface area (Å²) in [5.41, 5.74) is 3.15. The second-order valence-corrected chi connectivity index (χ2v) is 7.51. The van der Waals surface area contributed by atoms with Gasteiger partial charge in [0.1, 0.15) is 5.65 Å². The van der Waals surface area contributed by atoms with E-state index in [9.17, 15) is 8.42 Å². The summed E-state index contributed by atoms with van der Waals surface area (Å²) >= 11 is 0. The second-order valence-electron chi connectivity index (χ2n) is 5.58. The highest BCUT2D eigenvalue weighted by molar-refractivity contribution is 7.89. The van der Waals surface area contributed by atoms with Crippen molar-refractivity contribution in [3.05, 3.63) is 35.8 Å². The van der Waals surface area contributed by atoms with Gasteiger partial charge >= 0.3 is 0 Å². The number of hydrogen-bond acceptors (Lipinski definition) is 4. The summed E-state index contributed by atoms with van der Waals surface area (Å²) in [6.45, 7) is 6.88. The minimum atomic E-state index is -3.15. The average Bonchev–Trinajstić information content (AvgIpc) is 2.88. The highest BCUT2D eigenvalue weighted by Gasteiger charge is 2.11. The van der Waals surface area contributed by atoms with Crippen molar-refractivity contribution in [1.29, 1.82) is 0 Å². The van der Waals surface area contributed by atoms with E-state index in [1.807, 2.05) is 45.3 Å². The van der Waals surface area contributed by atoms with Gasteiger partial charge in [0, 0.05) is 25.3 Å².